The largest absolute Gasteiger partial charge is 0.497 e. The standard InChI is InChI=1S/C21H18ClN3OS/c1-13-11-15(12-17(22)20(13)27-3)19-18(14-5-7-16(26-2)8-6-14)24-21-23-9-4-10-25(19)21/h4-12H,1-3H3. The summed E-state index contributed by atoms with van der Waals surface area (Å²) in [6.07, 6.45) is 5.76. The van der Waals surface area contributed by atoms with E-state index in [4.69, 9.17) is 21.3 Å². The van der Waals surface area contributed by atoms with Crippen LogP contribution in [0.1, 0.15) is 5.56 Å². The van der Waals surface area contributed by atoms with Gasteiger partial charge in [0, 0.05) is 28.4 Å². The van der Waals surface area contributed by atoms with Gasteiger partial charge < -0.3 is 4.74 Å². The highest BCUT2D eigenvalue weighted by Gasteiger charge is 2.18. The maximum atomic E-state index is 6.56. The number of methoxy groups -OCH3 is 1. The van der Waals surface area contributed by atoms with Gasteiger partial charge in [0.2, 0.25) is 5.78 Å². The number of rotatable bonds is 4. The average molecular weight is 396 g/mol. The minimum atomic E-state index is 0.654. The Morgan fingerprint density at radius 1 is 1.11 bits per heavy atom. The van der Waals surface area contributed by atoms with E-state index in [1.54, 1.807) is 25.1 Å². The lowest BCUT2D eigenvalue weighted by molar-refractivity contribution is 0.415. The van der Waals surface area contributed by atoms with E-state index in [9.17, 15) is 0 Å². The number of aromatic nitrogens is 3. The molecule has 136 valence electrons. The first-order chi connectivity index (χ1) is 13.1. The van der Waals surface area contributed by atoms with Crippen LogP contribution < -0.4 is 4.74 Å². The van der Waals surface area contributed by atoms with E-state index in [0.717, 1.165) is 43.7 Å². The summed E-state index contributed by atoms with van der Waals surface area (Å²) in [4.78, 5) is 10.3. The van der Waals surface area contributed by atoms with Crippen molar-refractivity contribution in [3.63, 3.8) is 0 Å². The van der Waals surface area contributed by atoms with Gasteiger partial charge in [0.15, 0.2) is 0 Å². The lowest BCUT2D eigenvalue weighted by Gasteiger charge is -2.11. The molecule has 0 radical (unpaired) electrons. The molecule has 2 aromatic carbocycles. The SMILES string of the molecule is COc1ccc(-c2nc3ncccn3c2-c2cc(C)c(SC)c(Cl)c2)cc1. The number of imidazole rings is 1. The maximum absolute atomic E-state index is 6.56. The second kappa shape index (κ2) is 7.25. The molecule has 0 fully saturated rings. The van der Waals surface area contributed by atoms with Crippen molar-refractivity contribution in [3.8, 4) is 28.3 Å². The molecule has 2 aromatic heterocycles. The predicted octanol–water partition coefficient (Wildman–Crippen LogP) is 5.76. The summed E-state index contributed by atoms with van der Waals surface area (Å²) in [7, 11) is 1.66. The van der Waals surface area contributed by atoms with Crippen LogP contribution in [0.5, 0.6) is 5.75 Å². The second-order valence-corrected chi connectivity index (χ2v) is 7.36. The number of hydrogen-bond acceptors (Lipinski definition) is 4. The molecule has 6 heteroatoms. The van der Waals surface area contributed by atoms with Crippen LogP contribution in [0, 0.1) is 6.92 Å². The Hall–Kier alpha value is -2.50. The molecule has 27 heavy (non-hydrogen) atoms. The van der Waals surface area contributed by atoms with Gasteiger partial charge in [-0.15, -0.1) is 11.8 Å². The van der Waals surface area contributed by atoms with Crippen LogP contribution in [0.2, 0.25) is 5.02 Å². The molecule has 0 aliphatic rings. The average Bonchev–Trinajstić information content (AvgIpc) is 3.07. The molecule has 4 aromatic rings. The summed E-state index contributed by atoms with van der Waals surface area (Å²) < 4.78 is 7.28. The summed E-state index contributed by atoms with van der Waals surface area (Å²) in [5.74, 6) is 1.46. The summed E-state index contributed by atoms with van der Waals surface area (Å²) >= 11 is 8.21. The molecule has 0 N–H and O–H groups in total. The Morgan fingerprint density at radius 3 is 2.56 bits per heavy atom. The fraction of sp³-hybridized carbons (Fsp3) is 0.143. The van der Waals surface area contributed by atoms with Crippen molar-refractivity contribution in [1.82, 2.24) is 14.4 Å². The molecule has 2 heterocycles. The number of ether oxygens (including phenoxy) is 1. The number of benzene rings is 2. The molecule has 0 saturated carbocycles. The van der Waals surface area contributed by atoms with Gasteiger partial charge in [-0.3, -0.25) is 4.40 Å². The first kappa shape index (κ1) is 17.9. The first-order valence-corrected chi connectivity index (χ1v) is 10.0. The molecule has 0 aliphatic carbocycles. The predicted molar refractivity (Wildman–Crippen MR) is 112 cm³/mol. The van der Waals surface area contributed by atoms with Gasteiger partial charge in [0.25, 0.3) is 0 Å². The molecule has 0 bridgehead atoms. The van der Waals surface area contributed by atoms with Gasteiger partial charge in [-0.05, 0) is 61.2 Å². The number of hydrogen-bond donors (Lipinski definition) is 0. The molecule has 0 unspecified atom stereocenters. The lowest BCUT2D eigenvalue weighted by Crippen LogP contribution is -1.93. The summed E-state index contributed by atoms with van der Waals surface area (Å²) in [6.45, 7) is 2.08. The van der Waals surface area contributed by atoms with Crippen molar-refractivity contribution in [2.75, 3.05) is 13.4 Å². The second-order valence-electron chi connectivity index (χ2n) is 6.14. The van der Waals surface area contributed by atoms with Gasteiger partial charge in [-0.2, -0.15) is 0 Å². The Balaban J connectivity index is 1.99. The van der Waals surface area contributed by atoms with Crippen LogP contribution in [0.15, 0.2) is 59.8 Å². The van der Waals surface area contributed by atoms with E-state index in [2.05, 4.69) is 18.0 Å². The molecule has 4 rings (SSSR count). The van der Waals surface area contributed by atoms with Crippen molar-refractivity contribution in [1.29, 1.82) is 0 Å². The van der Waals surface area contributed by atoms with Crippen molar-refractivity contribution in [3.05, 3.63) is 65.4 Å². The Labute approximate surface area is 167 Å². The van der Waals surface area contributed by atoms with Crippen molar-refractivity contribution in [2.24, 2.45) is 0 Å². The van der Waals surface area contributed by atoms with E-state index in [1.807, 2.05) is 53.3 Å². The highest BCUT2D eigenvalue weighted by molar-refractivity contribution is 7.98. The van der Waals surface area contributed by atoms with E-state index in [1.165, 1.54) is 0 Å². The van der Waals surface area contributed by atoms with Gasteiger partial charge in [0.05, 0.1) is 23.5 Å². The topological polar surface area (TPSA) is 39.4 Å². The number of halogens is 1. The van der Waals surface area contributed by atoms with Crippen molar-refractivity contribution in [2.45, 2.75) is 11.8 Å². The van der Waals surface area contributed by atoms with Crippen molar-refractivity contribution < 1.29 is 4.74 Å². The minimum Gasteiger partial charge on any atom is -0.497 e. The molecule has 0 atom stereocenters. The molecular weight excluding hydrogens is 378 g/mol. The van der Waals surface area contributed by atoms with Crippen LogP contribution in [-0.4, -0.2) is 27.7 Å². The van der Waals surface area contributed by atoms with Crippen LogP contribution in [-0.2, 0) is 0 Å². The quantitative estimate of drug-likeness (QED) is 0.412. The third-order valence-electron chi connectivity index (χ3n) is 4.47. The molecule has 4 nitrogen and oxygen atoms in total. The third-order valence-corrected chi connectivity index (χ3v) is 5.83. The van der Waals surface area contributed by atoms with Crippen LogP contribution in [0.25, 0.3) is 28.3 Å². The van der Waals surface area contributed by atoms with Gasteiger partial charge >= 0.3 is 0 Å². The first-order valence-electron chi connectivity index (χ1n) is 8.44. The molecular formula is C21H18ClN3OS. The van der Waals surface area contributed by atoms with Gasteiger partial charge in [-0.25, -0.2) is 9.97 Å². The summed E-state index contributed by atoms with van der Waals surface area (Å²) in [5.41, 5.74) is 5.00. The molecule has 0 saturated heterocycles. The van der Waals surface area contributed by atoms with E-state index < -0.39 is 0 Å². The molecule has 0 spiro atoms. The lowest BCUT2D eigenvalue weighted by atomic mass is 10.0. The number of thioether (sulfide) groups is 1. The van der Waals surface area contributed by atoms with Crippen LogP contribution >= 0.6 is 23.4 Å². The van der Waals surface area contributed by atoms with E-state index >= 15 is 0 Å². The summed E-state index contributed by atoms with van der Waals surface area (Å²) in [5, 5.41) is 0.747. The fourth-order valence-electron chi connectivity index (χ4n) is 3.24. The van der Waals surface area contributed by atoms with E-state index in [-0.39, 0.29) is 0 Å². The number of aryl methyl sites for hydroxylation is 1. The van der Waals surface area contributed by atoms with Crippen molar-refractivity contribution >= 4 is 29.1 Å². The number of nitrogens with zero attached hydrogens (tertiary/aromatic N) is 3. The highest BCUT2D eigenvalue weighted by atomic mass is 35.5. The Kier molecular flexibility index (Phi) is 4.81. The van der Waals surface area contributed by atoms with Gasteiger partial charge in [0.1, 0.15) is 5.75 Å². The van der Waals surface area contributed by atoms with Crippen LogP contribution in [0.3, 0.4) is 0 Å². The zero-order chi connectivity index (χ0) is 19.0. The fourth-order valence-corrected chi connectivity index (χ4v) is 4.37. The van der Waals surface area contributed by atoms with E-state index in [0.29, 0.717) is 5.78 Å². The van der Waals surface area contributed by atoms with Crippen LogP contribution in [0.4, 0.5) is 0 Å². The maximum Gasteiger partial charge on any atom is 0.234 e. The Bertz CT molecular complexity index is 1100. The highest BCUT2D eigenvalue weighted by Crippen LogP contribution is 2.38. The van der Waals surface area contributed by atoms with Gasteiger partial charge in [-0.1, -0.05) is 11.6 Å². The molecule has 0 amide bonds. The minimum absolute atomic E-state index is 0.654. The Morgan fingerprint density at radius 2 is 1.89 bits per heavy atom. The molecule has 0 aliphatic heterocycles. The smallest absolute Gasteiger partial charge is 0.234 e. The summed E-state index contributed by atoms with van der Waals surface area (Å²) in [6, 6.07) is 14.0. The number of fused-ring (bicyclic) bond motifs is 1. The normalized spacial score (nSPS) is 11.1. The monoisotopic (exact) mass is 395 g/mol. The third kappa shape index (κ3) is 3.17. The zero-order valence-electron chi connectivity index (χ0n) is 15.2. The zero-order valence-corrected chi connectivity index (χ0v) is 16.8.